The number of hydrogen-bond acceptors (Lipinski definition) is 3. The predicted molar refractivity (Wildman–Crippen MR) is 57.8 cm³/mol. The lowest BCUT2D eigenvalue weighted by molar-refractivity contribution is -0.0632. The Kier molecular flexibility index (Phi) is 3.60. The van der Waals surface area contributed by atoms with Crippen LogP contribution in [0.3, 0.4) is 0 Å². The quantitative estimate of drug-likeness (QED) is 0.620. The Hall–Kier alpha value is -0.770. The highest BCUT2D eigenvalue weighted by atomic mass is 16.6. The fraction of sp³-hybridized carbons (Fsp3) is 0.909. The molecule has 2 atom stereocenters. The maximum Gasteiger partial charge on any atom is 0.410 e. The molecule has 4 nitrogen and oxygen atoms in total. The molecule has 0 aromatic rings. The molecular weight excluding hydrogens is 194 g/mol. The first-order valence-electron chi connectivity index (χ1n) is 5.42. The standard InChI is InChI=1S/C11H21NO3/c1-8-9(2)14-7-6-12(8)10(13)15-11(3,4)5/h8-9H,6-7H2,1-5H3. The molecule has 1 rings (SSSR count). The summed E-state index contributed by atoms with van der Waals surface area (Å²) in [6.07, 6.45) is -0.170. The molecule has 0 spiro atoms. The molecule has 88 valence electrons. The summed E-state index contributed by atoms with van der Waals surface area (Å²) < 4.78 is 10.8. The Balaban J connectivity index is 2.59. The van der Waals surface area contributed by atoms with E-state index in [1.54, 1.807) is 4.90 Å². The first kappa shape index (κ1) is 12.3. The summed E-state index contributed by atoms with van der Waals surface area (Å²) in [5, 5.41) is 0. The van der Waals surface area contributed by atoms with Crippen LogP contribution in [0.1, 0.15) is 34.6 Å². The molecule has 1 amide bonds. The van der Waals surface area contributed by atoms with Gasteiger partial charge in [-0.15, -0.1) is 0 Å². The van der Waals surface area contributed by atoms with E-state index in [1.165, 1.54) is 0 Å². The van der Waals surface area contributed by atoms with Crippen LogP contribution in [0, 0.1) is 0 Å². The molecule has 0 N–H and O–H groups in total. The van der Waals surface area contributed by atoms with Crippen LogP contribution in [0.15, 0.2) is 0 Å². The smallest absolute Gasteiger partial charge is 0.410 e. The minimum atomic E-state index is -0.432. The van der Waals surface area contributed by atoms with Crippen molar-refractivity contribution in [2.24, 2.45) is 0 Å². The van der Waals surface area contributed by atoms with E-state index in [0.29, 0.717) is 13.2 Å². The van der Waals surface area contributed by atoms with Gasteiger partial charge in [-0.2, -0.15) is 0 Å². The van der Waals surface area contributed by atoms with Gasteiger partial charge in [-0.1, -0.05) is 0 Å². The number of nitrogens with zero attached hydrogens (tertiary/aromatic N) is 1. The van der Waals surface area contributed by atoms with Gasteiger partial charge in [0.2, 0.25) is 0 Å². The SMILES string of the molecule is CC1OCCN(C(=O)OC(C)(C)C)C1C. The highest BCUT2D eigenvalue weighted by Gasteiger charge is 2.32. The molecule has 0 radical (unpaired) electrons. The lowest BCUT2D eigenvalue weighted by Gasteiger charge is -2.38. The van der Waals surface area contributed by atoms with E-state index in [0.717, 1.165) is 0 Å². The van der Waals surface area contributed by atoms with E-state index >= 15 is 0 Å². The van der Waals surface area contributed by atoms with Gasteiger partial charge >= 0.3 is 6.09 Å². The number of hydrogen-bond donors (Lipinski definition) is 0. The molecule has 15 heavy (non-hydrogen) atoms. The monoisotopic (exact) mass is 215 g/mol. The van der Waals surface area contributed by atoms with E-state index in [1.807, 2.05) is 34.6 Å². The zero-order valence-electron chi connectivity index (χ0n) is 10.2. The van der Waals surface area contributed by atoms with Crippen LogP contribution in [-0.4, -0.2) is 41.9 Å². The Morgan fingerprint density at radius 1 is 1.40 bits per heavy atom. The maximum absolute atomic E-state index is 11.8. The number of morpholine rings is 1. The molecule has 1 heterocycles. The normalized spacial score (nSPS) is 27.7. The third-order valence-electron chi connectivity index (χ3n) is 2.51. The zero-order chi connectivity index (χ0) is 11.6. The van der Waals surface area contributed by atoms with Crippen LogP contribution < -0.4 is 0 Å². The van der Waals surface area contributed by atoms with Gasteiger partial charge in [-0.25, -0.2) is 4.79 Å². The average Bonchev–Trinajstić information content (AvgIpc) is 2.06. The van der Waals surface area contributed by atoms with Crippen molar-refractivity contribution in [3.05, 3.63) is 0 Å². The van der Waals surface area contributed by atoms with E-state index < -0.39 is 5.60 Å². The van der Waals surface area contributed by atoms with Crippen LogP contribution in [0.4, 0.5) is 4.79 Å². The van der Waals surface area contributed by atoms with Gasteiger partial charge in [0.05, 0.1) is 18.8 Å². The van der Waals surface area contributed by atoms with Gasteiger partial charge in [0.25, 0.3) is 0 Å². The largest absolute Gasteiger partial charge is 0.444 e. The maximum atomic E-state index is 11.8. The third kappa shape index (κ3) is 3.38. The summed E-state index contributed by atoms with van der Waals surface area (Å²) >= 11 is 0. The number of ether oxygens (including phenoxy) is 2. The topological polar surface area (TPSA) is 38.8 Å². The summed E-state index contributed by atoms with van der Waals surface area (Å²) in [6.45, 7) is 10.8. The number of rotatable bonds is 0. The molecule has 0 bridgehead atoms. The predicted octanol–water partition coefficient (Wildman–Crippen LogP) is 2.03. The summed E-state index contributed by atoms with van der Waals surface area (Å²) in [6, 6.07) is 0.0774. The van der Waals surface area contributed by atoms with E-state index in [-0.39, 0.29) is 18.2 Å². The van der Waals surface area contributed by atoms with Crippen molar-refractivity contribution < 1.29 is 14.3 Å². The van der Waals surface area contributed by atoms with Crippen LogP contribution in [-0.2, 0) is 9.47 Å². The molecule has 1 aliphatic rings. The van der Waals surface area contributed by atoms with Crippen molar-refractivity contribution in [2.45, 2.75) is 52.4 Å². The third-order valence-corrected chi connectivity index (χ3v) is 2.51. The summed E-state index contributed by atoms with van der Waals surface area (Å²) in [5.41, 5.74) is -0.432. The highest BCUT2D eigenvalue weighted by Crippen LogP contribution is 2.17. The Morgan fingerprint density at radius 3 is 2.53 bits per heavy atom. The van der Waals surface area contributed by atoms with Crippen LogP contribution in [0.5, 0.6) is 0 Å². The molecule has 0 aromatic heterocycles. The lowest BCUT2D eigenvalue weighted by atomic mass is 10.1. The molecule has 1 saturated heterocycles. The Morgan fingerprint density at radius 2 is 2.00 bits per heavy atom. The van der Waals surface area contributed by atoms with Crippen LogP contribution in [0.2, 0.25) is 0 Å². The summed E-state index contributed by atoms with van der Waals surface area (Å²) in [4.78, 5) is 13.6. The Labute approximate surface area is 91.5 Å². The van der Waals surface area contributed by atoms with Crippen molar-refractivity contribution in [3.8, 4) is 0 Å². The molecule has 1 aliphatic heterocycles. The molecule has 4 heteroatoms. The molecule has 0 aromatic carbocycles. The second kappa shape index (κ2) is 4.39. The fourth-order valence-corrected chi connectivity index (χ4v) is 1.51. The summed E-state index contributed by atoms with van der Waals surface area (Å²) in [7, 11) is 0. The van der Waals surface area contributed by atoms with Gasteiger partial charge in [-0.3, -0.25) is 0 Å². The van der Waals surface area contributed by atoms with E-state index in [9.17, 15) is 4.79 Å². The molecule has 1 fully saturated rings. The lowest BCUT2D eigenvalue weighted by Crippen LogP contribution is -2.52. The van der Waals surface area contributed by atoms with Crippen molar-refractivity contribution in [2.75, 3.05) is 13.2 Å². The van der Waals surface area contributed by atoms with E-state index in [4.69, 9.17) is 9.47 Å². The zero-order valence-corrected chi connectivity index (χ0v) is 10.2. The Bertz CT molecular complexity index is 234. The van der Waals surface area contributed by atoms with Crippen molar-refractivity contribution in [1.29, 1.82) is 0 Å². The van der Waals surface area contributed by atoms with E-state index in [2.05, 4.69) is 0 Å². The van der Waals surface area contributed by atoms with Gasteiger partial charge in [0.15, 0.2) is 0 Å². The minimum Gasteiger partial charge on any atom is -0.444 e. The fourth-order valence-electron chi connectivity index (χ4n) is 1.51. The minimum absolute atomic E-state index is 0.0752. The van der Waals surface area contributed by atoms with Crippen molar-refractivity contribution in [1.82, 2.24) is 4.90 Å². The molecule has 2 unspecified atom stereocenters. The summed E-state index contributed by atoms with van der Waals surface area (Å²) in [5.74, 6) is 0. The van der Waals surface area contributed by atoms with Crippen LogP contribution in [0.25, 0.3) is 0 Å². The van der Waals surface area contributed by atoms with Gasteiger partial charge in [-0.05, 0) is 34.6 Å². The number of carbonyl (C=O) groups excluding carboxylic acids is 1. The van der Waals surface area contributed by atoms with Gasteiger partial charge in [0.1, 0.15) is 5.60 Å². The second-order valence-corrected chi connectivity index (χ2v) is 4.99. The first-order chi connectivity index (χ1) is 6.81. The average molecular weight is 215 g/mol. The highest BCUT2D eigenvalue weighted by molar-refractivity contribution is 5.68. The number of carbonyl (C=O) groups is 1. The number of amides is 1. The van der Waals surface area contributed by atoms with Crippen LogP contribution >= 0.6 is 0 Å². The van der Waals surface area contributed by atoms with Gasteiger partial charge < -0.3 is 14.4 Å². The first-order valence-corrected chi connectivity index (χ1v) is 5.42. The van der Waals surface area contributed by atoms with Crippen molar-refractivity contribution >= 4 is 6.09 Å². The van der Waals surface area contributed by atoms with Crippen molar-refractivity contribution in [3.63, 3.8) is 0 Å². The molecule has 0 saturated carbocycles. The molecular formula is C11H21NO3. The second-order valence-electron chi connectivity index (χ2n) is 4.99. The molecule has 0 aliphatic carbocycles. The van der Waals surface area contributed by atoms with Gasteiger partial charge in [0, 0.05) is 6.54 Å².